The Hall–Kier alpha value is -3.48. The number of carbonyl (C=O) groups excluding carboxylic acids is 2. The fraction of sp³-hybridized carbons (Fsp3) is 0.200. The van der Waals surface area contributed by atoms with Gasteiger partial charge in [-0.2, -0.15) is 0 Å². The summed E-state index contributed by atoms with van der Waals surface area (Å²) in [6, 6.07) is 10.3. The predicted octanol–water partition coefficient (Wildman–Crippen LogP) is 2.64. The third-order valence-electron chi connectivity index (χ3n) is 4.30. The minimum atomic E-state index is -0.405. The van der Waals surface area contributed by atoms with Crippen LogP contribution in [0, 0.1) is 0 Å². The molecule has 2 amide bonds. The molecule has 0 atom stereocenters. The van der Waals surface area contributed by atoms with Gasteiger partial charge < -0.3 is 19.9 Å². The van der Waals surface area contributed by atoms with Gasteiger partial charge in [-0.1, -0.05) is 18.2 Å². The number of hydrogen-bond acceptors (Lipinski definition) is 6. The van der Waals surface area contributed by atoms with Crippen molar-refractivity contribution in [1.29, 1.82) is 0 Å². The zero-order valence-electron chi connectivity index (χ0n) is 15.3. The summed E-state index contributed by atoms with van der Waals surface area (Å²) in [6.45, 7) is 0. The second-order valence-corrected chi connectivity index (χ2v) is 5.89. The molecule has 1 aliphatic heterocycles. The minimum Gasteiger partial charge on any atom is -0.493 e. The van der Waals surface area contributed by atoms with Crippen LogP contribution < -0.4 is 24.8 Å². The summed E-state index contributed by atoms with van der Waals surface area (Å²) in [5.41, 5.74) is 7.88. The molecular weight excluding hydrogens is 348 g/mol. The van der Waals surface area contributed by atoms with Crippen molar-refractivity contribution < 1.29 is 23.8 Å². The number of nitrogen functional groups attached to an aromatic ring is 1. The molecule has 7 nitrogen and oxygen atoms in total. The highest BCUT2D eigenvalue weighted by Crippen LogP contribution is 2.42. The number of amides is 2. The molecule has 3 rings (SSSR count). The molecule has 0 saturated carbocycles. The van der Waals surface area contributed by atoms with Gasteiger partial charge in [0.05, 0.1) is 33.4 Å². The highest BCUT2D eigenvalue weighted by atomic mass is 16.5. The van der Waals surface area contributed by atoms with Crippen molar-refractivity contribution >= 4 is 29.3 Å². The van der Waals surface area contributed by atoms with Crippen molar-refractivity contribution in [3.8, 4) is 17.2 Å². The van der Waals surface area contributed by atoms with Gasteiger partial charge in [-0.3, -0.25) is 9.59 Å². The zero-order chi connectivity index (χ0) is 19.6. The number of nitrogens with zero attached hydrogens (tertiary/aromatic N) is 1. The van der Waals surface area contributed by atoms with Crippen LogP contribution in [-0.4, -0.2) is 33.1 Å². The molecule has 1 heterocycles. The lowest BCUT2D eigenvalue weighted by Crippen LogP contribution is -2.29. The van der Waals surface area contributed by atoms with E-state index in [-0.39, 0.29) is 12.3 Å². The van der Waals surface area contributed by atoms with Gasteiger partial charge in [0.2, 0.25) is 11.7 Å². The van der Waals surface area contributed by atoms with Crippen molar-refractivity contribution in [1.82, 2.24) is 0 Å². The summed E-state index contributed by atoms with van der Waals surface area (Å²) in [6.07, 6.45) is 1.64. The molecule has 1 aliphatic rings. The zero-order valence-corrected chi connectivity index (χ0v) is 15.3. The first-order valence-corrected chi connectivity index (χ1v) is 8.22. The van der Waals surface area contributed by atoms with Gasteiger partial charge in [-0.15, -0.1) is 0 Å². The van der Waals surface area contributed by atoms with E-state index in [1.54, 1.807) is 36.4 Å². The summed E-state index contributed by atoms with van der Waals surface area (Å²) < 4.78 is 15.9. The monoisotopic (exact) mass is 368 g/mol. The van der Waals surface area contributed by atoms with Gasteiger partial charge in [-0.25, -0.2) is 4.90 Å². The van der Waals surface area contributed by atoms with Crippen LogP contribution in [0.1, 0.15) is 12.0 Å². The lowest BCUT2D eigenvalue weighted by molar-refractivity contribution is -0.120. The number of benzene rings is 2. The summed E-state index contributed by atoms with van der Waals surface area (Å²) in [5, 5.41) is 0. The van der Waals surface area contributed by atoms with E-state index in [1.165, 1.54) is 21.3 Å². The minimum absolute atomic E-state index is 0.0101. The summed E-state index contributed by atoms with van der Waals surface area (Å²) >= 11 is 0. The molecule has 0 aromatic heterocycles. The number of carbonyl (C=O) groups is 2. The maximum Gasteiger partial charge on any atom is 0.261 e. The van der Waals surface area contributed by atoms with Gasteiger partial charge in [0.1, 0.15) is 0 Å². The SMILES string of the molecule is COc1cc(N2C(=O)C/C(=C\c3ccccc3N)C2=O)cc(OC)c1OC. The molecule has 0 aliphatic carbocycles. The van der Waals surface area contributed by atoms with Crippen LogP contribution >= 0.6 is 0 Å². The quantitative estimate of drug-likeness (QED) is 0.496. The number of nitrogens with two attached hydrogens (primary N) is 1. The first kappa shape index (κ1) is 18.3. The third kappa shape index (κ3) is 3.31. The van der Waals surface area contributed by atoms with Crippen LogP contribution in [0.2, 0.25) is 0 Å². The van der Waals surface area contributed by atoms with E-state index in [2.05, 4.69) is 0 Å². The molecule has 2 aromatic rings. The smallest absolute Gasteiger partial charge is 0.261 e. The Labute approximate surface area is 156 Å². The average molecular weight is 368 g/mol. The van der Waals surface area contributed by atoms with Crippen molar-refractivity contribution in [3.05, 3.63) is 47.5 Å². The lowest BCUT2D eigenvalue weighted by atomic mass is 10.1. The number of methoxy groups -OCH3 is 3. The molecule has 1 fully saturated rings. The first-order valence-electron chi connectivity index (χ1n) is 8.22. The van der Waals surface area contributed by atoms with E-state index in [9.17, 15) is 9.59 Å². The number of para-hydroxylation sites is 1. The normalized spacial score (nSPS) is 15.4. The van der Waals surface area contributed by atoms with E-state index in [0.717, 1.165) is 4.90 Å². The van der Waals surface area contributed by atoms with Gasteiger partial charge in [0.15, 0.2) is 11.5 Å². The molecule has 2 aromatic carbocycles. The van der Waals surface area contributed by atoms with Crippen molar-refractivity contribution in [2.75, 3.05) is 32.0 Å². The fourth-order valence-corrected chi connectivity index (χ4v) is 2.97. The van der Waals surface area contributed by atoms with Crippen LogP contribution in [0.15, 0.2) is 42.0 Å². The van der Waals surface area contributed by atoms with E-state index in [0.29, 0.717) is 39.8 Å². The number of imide groups is 1. The van der Waals surface area contributed by atoms with Gasteiger partial charge in [-0.05, 0) is 17.7 Å². The fourth-order valence-electron chi connectivity index (χ4n) is 2.97. The second kappa shape index (κ2) is 7.41. The van der Waals surface area contributed by atoms with Crippen molar-refractivity contribution in [3.63, 3.8) is 0 Å². The van der Waals surface area contributed by atoms with E-state index >= 15 is 0 Å². The van der Waals surface area contributed by atoms with Gasteiger partial charge in [0, 0.05) is 23.4 Å². The van der Waals surface area contributed by atoms with Crippen molar-refractivity contribution in [2.24, 2.45) is 0 Å². The molecule has 0 radical (unpaired) electrons. The number of rotatable bonds is 5. The number of hydrogen-bond donors (Lipinski definition) is 1. The summed E-state index contributed by atoms with van der Waals surface area (Å²) in [7, 11) is 4.42. The summed E-state index contributed by atoms with van der Waals surface area (Å²) in [5.74, 6) is 0.359. The van der Waals surface area contributed by atoms with Crippen LogP contribution in [0.5, 0.6) is 17.2 Å². The molecule has 0 spiro atoms. The molecule has 0 unspecified atom stereocenters. The first-order chi connectivity index (χ1) is 13.0. The predicted molar refractivity (Wildman–Crippen MR) is 102 cm³/mol. The molecule has 140 valence electrons. The Balaban J connectivity index is 2.02. The Kier molecular flexibility index (Phi) is 5.03. The highest BCUT2D eigenvalue weighted by molar-refractivity contribution is 6.29. The molecule has 1 saturated heterocycles. The molecule has 2 N–H and O–H groups in total. The van der Waals surface area contributed by atoms with Crippen molar-refractivity contribution in [2.45, 2.75) is 6.42 Å². The molecule has 0 bridgehead atoms. The Morgan fingerprint density at radius 1 is 1.00 bits per heavy atom. The number of anilines is 2. The molecule has 7 heteroatoms. The largest absolute Gasteiger partial charge is 0.493 e. The maximum absolute atomic E-state index is 12.9. The van der Waals surface area contributed by atoms with Crippen LogP contribution in [-0.2, 0) is 9.59 Å². The Morgan fingerprint density at radius 2 is 1.63 bits per heavy atom. The van der Waals surface area contributed by atoms with E-state index in [4.69, 9.17) is 19.9 Å². The highest BCUT2D eigenvalue weighted by Gasteiger charge is 2.36. The summed E-state index contributed by atoms with van der Waals surface area (Å²) in [4.78, 5) is 26.5. The van der Waals surface area contributed by atoms with Crippen LogP contribution in [0.25, 0.3) is 6.08 Å². The molecule has 27 heavy (non-hydrogen) atoms. The Morgan fingerprint density at radius 3 is 2.19 bits per heavy atom. The second-order valence-electron chi connectivity index (χ2n) is 5.89. The van der Waals surface area contributed by atoms with E-state index in [1.807, 2.05) is 6.07 Å². The third-order valence-corrected chi connectivity index (χ3v) is 4.30. The standard InChI is InChI=1S/C20H20N2O5/c1-25-16-10-14(11-17(26-2)19(16)27-3)22-18(23)9-13(20(22)24)8-12-6-4-5-7-15(12)21/h4-8,10-11H,9,21H2,1-3H3/b13-8+. The van der Waals surface area contributed by atoms with Crippen LogP contribution in [0.3, 0.4) is 0 Å². The van der Waals surface area contributed by atoms with E-state index < -0.39 is 5.91 Å². The number of ether oxygens (including phenoxy) is 3. The Bertz CT molecular complexity index is 911. The van der Waals surface area contributed by atoms with Gasteiger partial charge >= 0.3 is 0 Å². The average Bonchev–Trinajstić information content (AvgIpc) is 2.95. The van der Waals surface area contributed by atoms with Crippen LogP contribution in [0.4, 0.5) is 11.4 Å². The molecular formula is C20H20N2O5. The van der Waals surface area contributed by atoms with Gasteiger partial charge in [0.25, 0.3) is 5.91 Å². The lowest BCUT2D eigenvalue weighted by Gasteiger charge is -2.18. The maximum atomic E-state index is 12.9. The topological polar surface area (TPSA) is 91.1 Å².